The Hall–Kier alpha value is -1.44. The minimum absolute atomic E-state index is 0.224. The fourth-order valence-electron chi connectivity index (χ4n) is 1.33. The van der Waals surface area contributed by atoms with Crippen LogP contribution in [0.5, 0.6) is 5.75 Å². The van der Waals surface area contributed by atoms with Crippen molar-refractivity contribution in [2.75, 3.05) is 14.2 Å². The molecule has 0 fully saturated rings. The molecule has 0 saturated carbocycles. The smallest absolute Gasteiger partial charge is 0.248 e. The number of benzene rings is 1. The molecule has 7 heteroatoms. The second-order valence-electron chi connectivity index (χ2n) is 4.05. The molecule has 0 bridgehead atoms. The van der Waals surface area contributed by atoms with Crippen LogP contribution in [0.1, 0.15) is 26.2 Å². The third-order valence-corrected chi connectivity index (χ3v) is 3.39. The molecule has 112 valence electrons. The zero-order valence-corrected chi connectivity index (χ0v) is 12.6. The molecule has 1 amide bonds. The van der Waals surface area contributed by atoms with Crippen LogP contribution in [-0.2, 0) is 25.2 Å². The molecular weight excluding hydrogens is 282 g/mol. The average Bonchev–Trinajstić information content (AvgIpc) is 2.49. The summed E-state index contributed by atoms with van der Waals surface area (Å²) in [5, 5.41) is 0.942. The normalized spacial score (nSPS) is 11.9. The van der Waals surface area contributed by atoms with E-state index in [1.807, 2.05) is 6.92 Å². The number of unbranched alkanes of at least 4 members (excludes halogenated alkanes) is 1. The first-order valence-corrected chi connectivity index (χ1v) is 7.33. The van der Waals surface area contributed by atoms with Gasteiger partial charge in [0.2, 0.25) is 17.0 Å². The SMILES string of the molecule is CCCCC(=O)N(C)OOS(=O)c1ccc(OC)cc1. The van der Waals surface area contributed by atoms with E-state index in [0.717, 1.165) is 17.9 Å². The number of rotatable bonds is 8. The lowest BCUT2D eigenvalue weighted by Crippen LogP contribution is -2.27. The standard InChI is InChI=1S/C13H19NO5S/c1-4-5-6-13(15)14(2)18-19-20(16)12-9-7-11(17-3)8-10-12/h7-10H,4-6H2,1-3H3. The van der Waals surface area contributed by atoms with Crippen LogP contribution in [0.15, 0.2) is 29.2 Å². The van der Waals surface area contributed by atoms with Gasteiger partial charge in [0.1, 0.15) is 5.75 Å². The average molecular weight is 301 g/mol. The van der Waals surface area contributed by atoms with Crippen LogP contribution in [0.25, 0.3) is 0 Å². The maximum Gasteiger partial charge on any atom is 0.248 e. The lowest BCUT2D eigenvalue weighted by Gasteiger charge is -2.13. The van der Waals surface area contributed by atoms with E-state index in [-0.39, 0.29) is 5.91 Å². The quantitative estimate of drug-likeness (QED) is 0.544. The van der Waals surface area contributed by atoms with E-state index in [2.05, 4.69) is 0 Å². The molecule has 1 aromatic rings. The van der Waals surface area contributed by atoms with Crippen molar-refractivity contribution in [2.45, 2.75) is 31.1 Å². The Balaban J connectivity index is 2.43. The van der Waals surface area contributed by atoms with Gasteiger partial charge < -0.3 is 4.74 Å². The summed E-state index contributed by atoms with van der Waals surface area (Å²) in [6.07, 6.45) is 2.05. The summed E-state index contributed by atoms with van der Waals surface area (Å²) in [7, 11) is 2.96. The molecule has 0 aromatic heterocycles. The molecule has 0 aliphatic rings. The second-order valence-corrected chi connectivity index (χ2v) is 5.12. The van der Waals surface area contributed by atoms with Crippen molar-refractivity contribution in [2.24, 2.45) is 0 Å². The van der Waals surface area contributed by atoms with Crippen molar-refractivity contribution >= 4 is 17.0 Å². The predicted molar refractivity (Wildman–Crippen MR) is 73.9 cm³/mol. The molecule has 0 spiro atoms. The minimum Gasteiger partial charge on any atom is -0.497 e. The summed E-state index contributed by atoms with van der Waals surface area (Å²) in [4.78, 5) is 16.7. The maximum absolute atomic E-state index is 11.8. The first-order chi connectivity index (χ1) is 9.58. The maximum atomic E-state index is 11.8. The second kappa shape index (κ2) is 8.68. The molecule has 0 saturated heterocycles. The summed E-state index contributed by atoms with van der Waals surface area (Å²) in [5.74, 6) is 0.428. The van der Waals surface area contributed by atoms with Crippen molar-refractivity contribution < 1.29 is 23.1 Å². The molecule has 1 atom stereocenters. The number of carbonyl (C=O) groups excluding carboxylic acids is 1. The van der Waals surface area contributed by atoms with Crippen LogP contribution < -0.4 is 4.74 Å². The summed E-state index contributed by atoms with van der Waals surface area (Å²) in [6, 6.07) is 6.51. The van der Waals surface area contributed by atoms with Gasteiger partial charge in [0, 0.05) is 13.5 Å². The van der Waals surface area contributed by atoms with Gasteiger partial charge in [-0.15, -0.1) is 4.33 Å². The van der Waals surface area contributed by atoms with Gasteiger partial charge in [0.15, 0.2) is 0 Å². The van der Waals surface area contributed by atoms with E-state index in [4.69, 9.17) is 14.1 Å². The van der Waals surface area contributed by atoms with Crippen LogP contribution >= 0.6 is 0 Å². The first kappa shape index (κ1) is 16.6. The van der Waals surface area contributed by atoms with E-state index in [1.165, 1.54) is 7.05 Å². The van der Waals surface area contributed by atoms with Gasteiger partial charge in [0.25, 0.3) is 0 Å². The monoisotopic (exact) mass is 301 g/mol. The van der Waals surface area contributed by atoms with Gasteiger partial charge in [-0.25, -0.2) is 4.21 Å². The van der Waals surface area contributed by atoms with Crippen LogP contribution in [0, 0.1) is 0 Å². The molecule has 0 aliphatic carbocycles. The van der Waals surface area contributed by atoms with Crippen LogP contribution in [0.2, 0.25) is 0 Å². The van der Waals surface area contributed by atoms with Gasteiger partial charge in [-0.1, -0.05) is 18.3 Å². The number of ether oxygens (including phenoxy) is 1. The molecule has 0 aliphatic heterocycles. The molecule has 20 heavy (non-hydrogen) atoms. The number of methoxy groups -OCH3 is 1. The van der Waals surface area contributed by atoms with Gasteiger partial charge in [0.05, 0.1) is 12.0 Å². The molecule has 0 radical (unpaired) electrons. The lowest BCUT2D eigenvalue weighted by molar-refractivity contribution is -0.337. The predicted octanol–water partition coefficient (Wildman–Crippen LogP) is 2.23. The van der Waals surface area contributed by atoms with Gasteiger partial charge >= 0.3 is 0 Å². The summed E-state index contributed by atoms with van der Waals surface area (Å²) in [6.45, 7) is 1.99. The Morgan fingerprint density at radius 1 is 1.30 bits per heavy atom. The fourth-order valence-corrected chi connectivity index (χ4v) is 1.91. The highest BCUT2D eigenvalue weighted by Crippen LogP contribution is 2.15. The highest BCUT2D eigenvalue weighted by molar-refractivity contribution is 7.80. The number of nitrogens with zero attached hydrogens (tertiary/aromatic N) is 1. The van der Waals surface area contributed by atoms with Crippen molar-refractivity contribution in [3.63, 3.8) is 0 Å². The number of amides is 1. The summed E-state index contributed by atoms with van der Waals surface area (Å²) in [5.41, 5.74) is 0. The highest BCUT2D eigenvalue weighted by Gasteiger charge is 2.13. The molecule has 1 aromatic carbocycles. The Kier molecular flexibility index (Phi) is 7.21. The topological polar surface area (TPSA) is 65.1 Å². The Morgan fingerprint density at radius 2 is 1.95 bits per heavy atom. The van der Waals surface area contributed by atoms with E-state index < -0.39 is 11.1 Å². The molecular formula is C13H19NO5S. The number of carbonyl (C=O) groups is 1. The van der Waals surface area contributed by atoms with E-state index in [1.54, 1.807) is 31.4 Å². The van der Waals surface area contributed by atoms with Gasteiger partial charge in [-0.2, -0.15) is 5.06 Å². The van der Waals surface area contributed by atoms with Crippen LogP contribution in [0.4, 0.5) is 0 Å². The van der Waals surface area contributed by atoms with E-state index >= 15 is 0 Å². The zero-order valence-electron chi connectivity index (χ0n) is 11.8. The Labute approximate surface area is 121 Å². The third kappa shape index (κ3) is 5.28. The van der Waals surface area contributed by atoms with Crippen molar-refractivity contribution in [1.82, 2.24) is 5.06 Å². The Morgan fingerprint density at radius 3 is 2.50 bits per heavy atom. The number of hydroxylamine groups is 2. The highest BCUT2D eigenvalue weighted by atomic mass is 32.2. The van der Waals surface area contributed by atoms with Crippen molar-refractivity contribution in [1.29, 1.82) is 0 Å². The third-order valence-electron chi connectivity index (χ3n) is 2.55. The minimum atomic E-state index is -1.81. The van der Waals surface area contributed by atoms with Crippen LogP contribution in [-0.4, -0.2) is 29.3 Å². The van der Waals surface area contributed by atoms with Crippen LogP contribution in [0.3, 0.4) is 0 Å². The zero-order chi connectivity index (χ0) is 15.0. The molecule has 1 rings (SSSR count). The largest absolute Gasteiger partial charge is 0.497 e. The molecule has 1 unspecified atom stereocenters. The molecule has 6 nitrogen and oxygen atoms in total. The van der Waals surface area contributed by atoms with Crippen molar-refractivity contribution in [3.05, 3.63) is 24.3 Å². The number of hydrogen-bond donors (Lipinski definition) is 0. The number of hydrogen-bond acceptors (Lipinski definition) is 5. The Bertz CT molecular complexity index is 449. The van der Waals surface area contributed by atoms with E-state index in [0.29, 0.717) is 17.1 Å². The molecule has 0 N–H and O–H groups in total. The molecule has 0 heterocycles. The van der Waals surface area contributed by atoms with E-state index in [9.17, 15) is 9.00 Å². The summed E-state index contributed by atoms with van der Waals surface area (Å²) < 4.78 is 21.5. The summed E-state index contributed by atoms with van der Waals surface area (Å²) >= 11 is -1.81. The fraction of sp³-hybridized carbons (Fsp3) is 0.462. The van der Waals surface area contributed by atoms with Gasteiger partial charge in [-0.3, -0.25) is 4.79 Å². The van der Waals surface area contributed by atoms with Gasteiger partial charge in [-0.05, 0) is 30.7 Å². The first-order valence-electron chi connectivity index (χ1n) is 6.26. The van der Waals surface area contributed by atoms with Crippen molar-refractivity contribution in [3.8, 4) is 5.75 Å². The lowest BCUT2D eigenvalue weighted by atomic mass is 10.2.